The van der Waals surface area contributed by atoms with Crippen LogP contribution >= 0.6 is 11.6 Å². The van der Waals surface area contributed by atoms with Gasteiger partial charge in [0, 0.05) is 44.7 Å². The van der Waals surface area contributed by atoms with Crippen LogP contribution in [0.3, 0.4) is 0 Å². The third-order valence-corrected chi connectivity index (χ3v) is 4.30. The molecule has 0 atom stereocenters. The van der Waals surface area contributed by atoms with Gasteiger partial charge in [-0.05, 0) is 6.07 Å². The molecule has 1 aromatic carbocycles. The molecule has 0 bridgehead atoms. The molecule has 2 aromatic heterocycles. The molecule has 6 nitrogen and oxygen atoms in total. The summed E-state index contributed by atoms with van der Waals surface area (Å²) < 4.78 is 7.44. The van der Waals surface area contributed by atoms with E-state index in [0.717, 1.165) is 33.7 Å². The summed E-state index contributed by atoms with van der Waals surface area (Å²) in [6.07, 6.45) is 1.89. The quantitative estimate of drug-likeness (QED) is 0.550. The third kappa shape index (κ3) is 4.26. The number of guanidine groups is 1. The maximum Gasteiger partial charge on any atom is 0.194 e. The minimum absolute atomic E-state index is 0.529. The van der Waals surface area contributed by atoms with Crippen LogP contribution in [0.1, 0.15) is 11.4 Å². The Morgan fingerprint density at radius 3 is 2.73 bits per heavy atom. The van der Waals surface area contributed by atoms with E-state index in [1.54, 1.807) is 7.05 Å². The van der Waals surface area contributed by atoms with Gasteiger partial charge in [0.1, 0.15) is 5.69 Å². The standard InChI is InChI=1S/C19H22ClN5O/c1-21-19(25(3)13-17-9-15(20)12-24(17)2)22-11-16-10-18(26-23-16)14-7-5-4-6-8-14/h4-10,12H,11,13H2,1-3H3,(H,21,22). The minimum atomic E-state index is 0.529. The van der Waals surface area contributed by atoms with Crippen molar-refractivity contribution in [1.29, 1.82) is 0 Å². The number of benzene rings is 1. The van der Waals surface area contributed by atoms with Crippen molar-refractivity contribution < 1.29 is 4.52 Å². The number of aromatic nitrogens is 2. The summed E-state index contributed by atoms with van der Waals surface area (Å²) in [5.74, 6) is 1.52. The molecule has 0 fully saturated rings. The highest BCUT2D eigenvalue weighted by molar-refractivity contribution is 6.30. The second-order valence-electron chi connectivity index (χ2n) is 6.07. The van der Waals surface area contributed by atoms with Crippen LogP contribution in [0, 0.1) is 0 Å². The molecule has 0 radical (unpaired) electrons. The Balaban J connectivity index is 1.61. The molecular weight excluding hydrogens is 350 g/mol. The number of nitrogens with zero attached hydrogens (tertiary/aromatic N) is 4. The van der Waals surface area contributed by atoms with E-state index in [1.807, 2.05) is 72.2 Å². The SMILES string of the molecule is CN=C(NCc1cc(-c2ccccc2)on1)N(C)Cc1cc(Cl)cn1C. The van der Waals surface area contributed by atoms with Crippen molar-refractivity contribution >= 4 is 17.6 Å². The summed E-state index contributed by atoms with van der Waals surface area (Å²) in [4.78, 5) is 6.36. The van der Waals surface area contributed by atoms with Crippen molar-refractivity contribution in [1.82, 2.24) is 19.9 Å². The Hall–Kier alpha value is -2.73. The topological polar surface area (TPSA) is 58.6 Å². The third-order valence-electron chi connectivity index (χ3n) is 4.09. The molecule has 0 aliphatic carbocycles. The molecule has 0 saturated carbocycles. The van der Waals surface area contributed by atoms with E-state index < -0.39 is 0 Å². The van der Waals surface area contributed by atoms with Crippen LogP contribution in [0.2, 0.25) is 5.02 Å². The molecule has 0 saturated heterocycles. The zero-order valence-electron chi connectivity index (χ0n) is 15.1. The van der Waals surface area contributed by atoms with E-state index in [2.05, 4.69) is 15.5 Å². The molecule has 0 amide bonds. The molecule has 136 valence electrons. The van der Waals surface area contributed by atoms with Crippen LogP contribution in [0.15, 0.2) is 58.2 Å². The number of halogens is 1. The highest BCUT2D eigenvalue weighted by atomic mass is 35.5. The maximum absolute atomic E-state index is 6.05. The Kier molecular flexibility index (Phi) is 5.63. The van der Waals surface area contributed by atoms with Crippen molar-refractivity contribution in [3.05, 3.63) is 65.1 Å². The van der Waals surface area contributed by atoms with Gasteiger partial charge in [-0.25, -0.2) is 0 Å². The predicted molar refractivity (Wildman–Crippen MR) is 104 cm³/mol. The number of rotatable bonds is 5. The average Bonchev–Trinajstić information content (AvgIpc) is 3.23. The van der Waals surface area contributed by atoms with Gasteiger partial charge in [0.05, 0.1) is 18.1 Å². The van der Waals surface area contributed by atoms with E-state index in [4.69, 9.17) is 16.1 Å². The minimum Gasteiger partial charge on any atom is -0.356 e. The second kappa shape index (κ2) is 8.10. The Morgan fingerprint density at radius 2 is 2.08 bits per heavy atom. The maximum atomic E-state index is 6.05. The first-order chi connectivity index (χ1) is 12.6. The van der Waals surface area contributed by atoms with Gasteiger partial charge in [0.2, 0.25) is 0 Å². The fraction of sp³-hybridized carbons (Fsp3) is 0.263. The summed E-state index contributed by atoms with van der Waals surface area (Å²) in [5, 5.41) is 8.17. The molecular formula is C19H22ClN5O. The largest absolute Gasteiger partial charge is 0.356 e. The lowest BCUT2D eigenvalue weighted by atomic mass is 10.2. The summed E-state index contributed by atoms with van der Waals surface area (Å²) in [5.41, 5.74) is 2.93. The fourth-order valence-electron chi connectivity index (χ4n) is 2.73. The number of nitrogens with one attached hydrogen (secondary N) is 1. The van der Waals surface area contributed by atoms with Gasteiger partial charge >= 0.3 is 0 Å². The van der Waals surface area contributed by atoms with Crippen molar-refractivity contribution in [2.24, 2.45) is 12.0 Å². The van der Waals surface area contributed by atoms with Crippen molar-refractivity contribution in [3.63, 3.8) is 0 Å². The smallest absolute Gasteiger partial charge is 0.194 e. The molecule has 3 rings (SSSR count). The number of aryl methyl sites for hydroxylation is 1. The molecule has 7 heteroatoms. The van der Waals surface area contributed by atoms with E-state index in [9.17, 15) is 0 Å². The van der Waals surface area contributed by atoms with Gasteiger partial charge in [-0.3, -0.25) is 4.99 Å². The summed E-state index contributed by atoms with van der Waals surface area (Å²) in [6, 6.07) is 13.8. The van der Waals surface area contributed by atoms with E-state index in [1.165, 1.54) is 0 Å². The summed E-state index contributed by atoms with van der Waals surface area (Å²) in [6.45, 7) is 1.22. The first-order valence-corrected chi connectivity index (χ1v) is 8.68. The summed E-state index contributed by atoms with van der Waals surface area (Å²) in [7, 11) is 5.72. The van der Waals surface area contributed by atoms with Crippen LogP contribution in [-0.4, -0.2) is 34.7 Å². The number of hydrogen-bond donors (Lipinski definition) is 1. The highest BCUT2D eigenvalue weighted by Gasteiger charge is 2.11. The Morgan fingerprint density at radius 1 is 1.31 bits per heavy atom. The highest BCUT2D eigenvalue weighted by Crippen LogP contribution is 2.19. The van der Waals surface area contributed by atoms with E-state index >= 15 is 0 Å². The fourth-order valence-corrected chi connectivity index (χ4v) is 3.00. The zero-order chi connectivity index (χ0) is 18.5. The van der Waals surface area contributed by atoms with E-state index in [0.29, 0.717) is 13.1 Å². The van der Waals surface area contributed by atoms with Crippen LogP contribution in [0.25, 0.3) is 11.3 Å². The van der Waals surface area contributed by atoms with Crippen LogP contribution < -0.4 is 5.32 Å². The van der Waals surface area contributed by atoms with Gasteiger partial charge in [0.15, 0.2) is 11.7 Å². The van der Waals surface area contributed by atoms with Gasteiger partial charge in [0.25, 0.3) is 0 Å². The van der Waals surface area contributed by atoms with Gasteiger partial charge < -0.3 is 19.3 Å². The lowest BCUT2D eigenvalue weighted by Gasteiger charge is -2.22. The van der Waals surface area contributed by atoms with Crippen molar-refractivity contribution in [3.8, 4) is 11.3 Å². The molecule has 1 N–H and O–H groups in total. The molecule has 0 aliphatic heterocycles. The van der Waals surface area contributed by atoms with Gasteiger partial charge in [-0.2, -0.15) is 0 Å². The second-order valence-corrected chi connectivity index (χ2v) is 6.50. The van der Waals surface area contributed by atoms with E-state index in [-0.39, 0.29) is 0 Å². The molecule has 0 spiro atoms. The van der Waals surface area contributed by atoms with Gasteiger partial charge in [-0.1, -0.05) is 47.1 Å². The first kappa shape index (κ1) is 18.1. The normalized spacial score (nSPS) is 11.6. The molecule has 26 heavy (non-hydrogen) atoms. The Labute approximate surface area is 158 Å². The number of hydrogen-bond acceptors (Lipinski definition) is 3. The lowest BCUT2D eigenvalue weighted by molar-refractivity contribution is 0.419. The van der Waals surface area contributed by atoms with Crippen molar-refractivity contribution in [2.75, 3.05) is 14.1 Å². The molecule has 2 heterocycles. The average molecular weight is 372 g/mol. The molecule has 0 aliphatic rings. The van der Waals surface area contributed by atoms with Crippen LogP contribution in [0.4, 0.5) is 0 Å². The lowest BCUT2D eigenvalue weighted by Crippen LogP contribution is -2.38. The monoisotopic (exact) mass is 371 g/mol. The van der Waals surface area contributed by atoms with Crippen molar-refractivity contribution in [2.45, 2.75) is 13.1 Å². The molecule has 0 unspecified atom stereocenters. The summed E-state index contributed by atoms with van der Waals surface area (Å²) >= 11 is 6.05. The first-order valence-electron chi connectivity index (χ1n) is 8.30. The molecule has 3 aromatic rings. The number of aliphatic imine (C=N–C) groups is 1. The zero-order valence-corrected chi connectivity index (χ0v) is 15.9. The Bertz CT molecular complexity index is 884. The van der Waals surface area contributed by atoms with Crippen LogP contribution in [-0.2, 0) is 20.1 Å². The predicted octanol–water partition coefficient (Wildman–Crippen LogP) is 3.54. The van der Waals surface area contributed by atoms with Gasteiger partial charge in [-0.15, -0.1) is 0 Å². The van der Waals surface area contributed by atoms with Crippen LogP contribution in [0.5, 0.6) is 0 Å².